The highest BCUT2D eigenvalue weighted by Crippen LogP contribution is 2.34. The number of benzene rings is 6. The number of nitrogens with one attached hydrogen (secondary N) is 2. The number of hydrogen-bond donors (Lipinski definition) is 2. The first-order chi connectivity index (χ1) is 25.6. The first-order valence-corrected chi connectivity index (χ1v) is 19.9. The predicted octanol–water partition coefficient (Wildman–Crippen LogP) is 9.52. The van der Waals surface area contributed by atoms with Gasteiger partial charge in [0.05, 0.1) is 0 Å². The maximum Gasteiger partial charge on any atom is 0.339 e. The molecule has 0 bridgehead atoms. The molecule has 54 heavy (non-hydrogen) atoms. The van der Waals surface area contributed by atoms with Crippen LogP contribution >= 0.6 is 0 Å². The molecule has 0 aliphatic rings. The van der Waals surface area contributed by atoms with Crippen LogP contribution in [0.4, 0.5) is 16.2 Å². The Bertz CT molecular complexity index is 2290. The van der Waals surface area contributed by atoms with Crippen LogP contribution in [0.2, 0.25) is 0 Å². The van der Waals surface area contributed by atoms with Crippen LogP contribution in [0.1, 0.15) is 49.9 Å². The Morgan fingerprint density at radius 2 is 0.778 bits per heavy atom. The second-order valence-electron chi connectivity index (χ2n) is 13.7. The Hall–Kier alpha value is -5.91. The van der Waals surface area contributed by atoms with Crippen LogP contribution in [0, 0.1) is 0 Å². The van der Waals surface area contributed by atoms with E-state index in [0.717, 1.165) is 22.3 Å². The molecule has 0 heterocycles. The third-order valence-corrected chi connectivity index (χ3v) is 11.8. The van der Waals surface area contributed by atoms with Crippen molar-refractivity contribution in [3.63, 3.8) is 0 Å². The third-order valence-electron chi connectivity index (χ3n) is 9.32. The number of anilines is 2. The maximum atomic E-state index is 13.2. The lowest BCUT2D eigenvalue weighted by molar-refractivity contribution is 0.262. The van der Waals surface area contributed by atoms with Crippen molar-refractivity contribution in [1.29, 1.82) is 0 Å². The van der Waals surface area contributed by atoms with Crippen molar-refractivity contribution in [1.82, 2.24) is 0 Å². The fraction of sp³-hybridized carbons (Fsp3) is 0.140. The van der Waals surface area contributed by atoms with Gasteiger partial charge in [-0.3, -0.25) is 0 Å². The summed E-state index contributed by atoms with van der Waals surface area (Å²) in [6.07, 6.45) is 0. The van der Waals surface area contributed by atoms with E-state index in [4.69, 9.17) is 8.37 Å². The second kappa shape index (κ2) is 15.2. The highest BCUT2D eigenvalue weighted by atomic mass is 32.2. The van der Waals surface area contributed by atoms with Crippen molar-refractivity contribution in [2.24, 2.45) is 0 Å². The summed E-state index contributed by atoms with van der Waals surface area (Å²) in [5.41, 5.74) is 3.91. The number of rotatable bonds is 12. The smallest absolute Gasteiger partial charge is 0.339 e. The molecule has 0 unspecified atom stereocenters. The van der Waals surface area contributed by atoms with Crippen LogP contribution in [0.3, 0.4) is 0 Å². The second-order valence-corrected chi connectivity index (χ2v) is 16.8. The summed E-state index contributed by atoms with van der Waals surface area (Å²) in [4.78, 5) is 12.9. The molecule has 6 aromatic carbocycles. The summed E-state index contributed by atoms with van der Waals surface area (Å²) in [6.45, 7) is 8.28. The monoisotopic (exact) mass is 760 g/mol. The predicted molar refractivity (Wildman–Crippen MR) is 211 cm³/mol. The SMILES string of the molecule is CC(C)(c1ccccc1)c1ccc(S(=O)(=O)Oc2cccc(NC(=O)Nc3cccc(OS(=O)(=O)c4ccc(C(C)(C)c5ccccc5)cc4)c3)c2)cc1. The van der Waals surface area contributed by atoms with Crippen LogP contribution in [0.15, 0.2) is 168 Å². The first-order valence-electron chi connectivity index (χ1n) is 17.1. The minimum Gasteiger partial charge on any atom is -0.379 e. The van der Waals surface area contributed by atoms with Crippen LogP contribution < -0.4 is 19.0 Å². The fourth-order valence-corrected chi connectivity index (χ4v) is 7.86. The number of carbonyl (C=O) groups excluding carboxylic acids is 1. The molecule has 0 spiro atoms. The first kappa shape index (κ1) is 37.8. The quantitative estimate of drug-likeness (QED) is 0.119. The Morgan fingerprint density at radius 3 is 1.13 bits per heavy atom. The molecule has 0 radical (unpaired) electrons. The molecular weight excluding hydrogens is 721 g/mol. The van der Waals surface area contributed by atoms with Gasteiger partial charge in [-0.05, 0) is 70.8 Å². The minimum absolute atomic E-state index is 0.00115. The molecule has 6 rings (SSSR count). The molecule has 9 nitrogen and oxygen atoms in total. The van der Waals surface area contributed by atoms with Gasteiger partial charge in [-0.25, -0.2) is 4.79 Å². The zero-order chi connectivity index (χ0) is 38.6. The van der Waals surface area contributed by atoms with E-state index in [1.54, 1.807) is 48.5 Å². The van der Waals surface area contributed by atoms with Gasteiger partial charge in [0.2, 0.25) is 0 Å². The Kier molecular flexibility index (Phi) is 10.7. The molecule has 0 saturated heterocycles. The third kappa shape index (κ3) is 8.65. The van der Waals surface area contributed by atoms with E-state index in [1.165, 1.54) is 48.5 Å². The Balaban J connectivity index is 1.07. The van der Waals surface area contributed by atoms with E-state index in [0.29, 0.717) is 0 Å². The average molecular weight is 761 g/mol. The molecule has 0 aromatic heterocycles. The van der Waals surface area contributed by atoms with Crippen molar-refractivity contribution >= 4 is 37.6 Å². The summed E-state index contributed by atoms with van der Waals surface area (Å²) < 4.78 is 63.5. The molecule has 0 fully saturated rings. The molecule has 0 saturated carbocycles. The highest BCUT2D eigenvalue weighted by molar-refractivity contribution is 7.87. The van der Waals surface area contributed by atoms with Gasteiger partial charge in [0.15, 0.2) is 0 Å². The van der Waals surface area contributed by atoms with Gasteiger partial charge in [-0.15, -0.1) is 0 Å². The standard InChI is InChI=1S/C43H40N2O7S2/c1-42(2,31-13-7-5-8-14-31)33-21-25-39(26-22-33)53(47,48)51-37-19-11-17-35(29-37)44-41(46)45-36-18-12-20-38(30-36)52-54(49,50)40-27-23-34(24-28-40)43(3,4)32-15-9-6-10-16-32/h5-30H,1-4H3,(H2,44,45,46). The van der Waals surface area contributed by atoms with Crippen LogP contribution in [0.25, 0.3) is 0 Å². The average Bonchev–Trinajstić information content (AvgIpc) is 3.15. The fourth-order valence-electron chi connectivity index (χ4n) is 6.01. The molecular formula is C43H40N2O7S2. The van der Waals surface area contributed by atoms with Crippen molar-refractivity contribution < 1.29 is 30.0 Å². The molecule has 6 aromatic rings. The normalized spacial score (nSPS) is 12.1. The van der Waals surface area contributed by atoms with Crippen molar-refractivity contribution in [3.8, 4) is 11.5 Å². The molecule has 0 atom stereocenters. The number of hydrogen-bond acceptors (Lipinski definition) is 7. The van der Waals surface area contributed by atoms with Gasteiger partial charge in [0.25, 0.3) is 0 Å². The Morgan fingerprint density at radius 1 is 0.444 bits per heavy atom. The van der Waals surface area contributed by atoms with Gasteiger partial charge in [0, 0.05) is 34.3 Å². The maximum absolute atomic E-state index is 13.2. The Labute approximate surface area is 316 Å². The summed E-state index contributed by atoms with van der Waals surface area (Å²) in [5.74, 6) is -0.00230. The van der Waals surface area contributed by atoms with Gasteiger partial charge < -0.3 is 19.0 Å². The van der Waals surface area contributed by atoms with E-state index < -0.39 is 26.3 Å². The van der Waals surface area contributed by atoms with E-state index >= 15 is 0 Å². The number of amides is 2. The lowest BCUT2D eigenvalue weighted by Crippen LogP contribution is -2.20. The van der Waals surface area contributed by atoms with Crippen molar-refractivity contribution in [2.75, 3.05) is 10.6 Å². The highest BCUT2D eigenvalue weighted by Gasteiger charge is 2.26. The summed E-state index contributed by atoms with van der Waals surface area (Å²) in [6, 6.07) is 44.2. The van der Waals surface area contributed by atoms with E-state index in [-0.39, 0.29) is 43.5 Å². The number of carbonyl (C=O) groups is 1. The van der Waals surface area contributed by atoms with Gasteiger partial charge in [-0.1, -0.05) is 125 Å². The summed E-state index contributed by atoms with van der Waals surface area (Å²) >= 11 is 0. The van der Waals surface area contributed by atoms with Crippen LogP contribution in [-0.4, -0.2) is 22.9 Å². The zero-order valence-electron chi connectivity index (χ0n) is 30.2. The van der Waals surface area contributed by atoms with Gasteiger partial charge >= 0.3 is 26.3 Å². The van der Waals surface area contributed by atoms with Crippen LogP contribution in [0.5, 0.6) is 11.5 Å². The van der Waals surface area contributed by atoms with Gasteiger partial charge in [-0.2, -0.15) is 16.8 Å². The molecule has 2 amide bonds. The lowest BCUT2D eigenvalue weighted by Gasteiger charge is -2.26. The van der Waals surface area contributed by atoms with Crippen LogP contribution in [-0.2, 0) is 31.1 Å². The molecule has 11 heteroatoms. The van der Waals surface area contributed by atoms with Crippen molar-refractivity contribution in [2.45, 2.75) is 48.3 Å². The topological polar surface area (TPSA) is 128 Å². The van der Waals surface area contributed by atoms with Crippen molar-refractivity contribution in [3.05, 3.63) is 180 Å². The molecule has 0 aliphatic carbocycles. The molecule has 276 valence electrons. The number of urea groups is 1. The van der Waals surface area contributed by atoms with E-state index in [1.807, 2.05) is 60.7 Å². The lowest BCUT2D eigenvalue weighted by atomic mass is 9.78. The van der Waals surface area contributed by atoms with E-state index in [2.05, 4.69) is 38.3 Å². The summed E-state index contributed by atoms with van der Waals surface area (Å²) in [5, 5.41) is 5.27. The van der Waals surface area contributed by atoms with E-state index in [9.17, 15) is 21.6 Å². The summed E-state index contributed by atoms with van der Waals surface area (Å²) in [7, 11) is -8.37. The molecule has 0 aliphatic heterocycles. The molecule has 2 N–H and O–H groups in total. The largest absolute Gasteiger partial charge is 0.379 e. The minimum atomic E-state index is -4.19. The van der Waals surface area contributed by atoms with Gasteiger partial charge in [0.1, 0.15) is 21.3 Å². The zero-order valence-corrected chi connectivity index (χ0v) is 31.8.